The van der Waals surface area contributed by atoms with Gasteiger partial charge in [-0.3, -0.25) is 4.79 Å². The minimum Gasteiger partial charge on any atom is -0.468 e. The molecule has 1 atom stereocenters. The molecule has 0 saturated carbocycles. The summed E-state index contributed by atoms with van der Waals surface area (Å²) in [5.41, 5.74) is -0.451. The van der Waals surface area contributed by atoms with Crippen molar-refractivity contribution in [2.75, 3.05) is 14.2 Å². The van der Waals surface area contributed by atoms with Gasteiger partial charge in [-0.2, -0.15) is 0 Å². The average Bonchev–Trinajstić information content (AvgIpc) is 2.50. The summed E-state index contributed by atoms with van der Waals surface area (Å²) < 4.78 is 9.28. The van der Waals surface area contributed by atoms with Gasteiger partial charge in [0.05, 0.1) is 19.8 Å². The van der Waals surface area contributed by atoms with Gasteiger partial charge in [0, 0.05) is 0 Å². The second kappa shape index (κ2) is 4.79. The largest absolute Gasteiger partial charge is 0.468 e. The summed E-state index contributed by atoms with van der Waals surface area (Å²) in [6.45, 7) is 1.71. The van der Waals surface area contributed by atoms with Gasteiger partial charge in [0.15, 0.2) is 0 Å². The Labute approximate surface area is 94.2 Å². The molecule has 86 valence electrons. The monoisotopic (exact) mass is 222 g/mol. The Morgan fingerprint density at radius 3 is 2.44 bits per heavy atom. The number of hydrogen-bond donors (Lipinski definition) is 0. The van der Waals surface area contributed by atoms with E-state index in [0.29, 0.717) is 5.57 Å². The van der Waals surface area contributed by atoms with Crippen LogP contribution in [0, 0.1) is 5.41 Å². The van der Waals surface area contributed by atoms with E-state index in [1.165, 1.54) is 14.2 Å². The topological polar surface area (TPSA) is 52.6 Å². The number of hydrogen-bond acceptors (Lipinski definition) is 4. The summed E-state index contributed by atoms with van der Waals surface area (Å²) >= 11 is 0. The maximum atomic E-state index is 11.5. The van der Waals surface area contributed by atoms with Gasteiger partial charge >= 0.3 is 11.9 Å². The van der Waals surface area contributed by atoms with Gasteiger partial charge in [-0.1, -0.05) is 24.3 Å². The van der Waals surface area contributed by atoms with Crippen LogP contribution in [0.25, 0.3) is 0 Å². The van der Waals surface area contributed by atoms with Crippen LogP contribution < -0.4 is 0 Å². The molecular formula is C12H14O4. The number of methoxy groups -OCH3 is 2. The quantitative estimate of drug-likeness (QED) is 0.662. The molecule has 1 aliphatic carbocycles. The lowest BCUT2D eigenvalue weighted by Crippen LogP contribution is -2.24. The van der Waals surface area contributed by atoms with Crippen LogP contribution in [0.1, 0.15) is 6.92 Å². The Kier molecular flexibility index (Phi) is 3.66. The number of ether oxygens (including phenoxy) is 2. The third-order valence-corrected chi connectivity index (χ3v) is 2.37. The van der Waals surface area contributed by atoms with Crippen LogP contribution in [0.4, 0.5) is 0 Å². The van der Waals surface area contributed by atoms with Crippen molar-refractivity contribution in [3.05, 3.63) is 36.0 Å². The standard InChI is InChI=1S/C12H14O4/c1-12(11(14)16-3)7-4-5-9(6-8-12)10(13)15-2/h4-8H,1-3H3. The fraction of sp³-hybridized carbons (Fsp3) is 0.333. The predicted octanol–water partition coefficient (Wildman–Crippen LogP) is 1.39. The van der Waals surface area contributed by atoms with Crippen LogP contribution in [-0.4, -0.2) is 26.2 Å². The van der Waals surface area contributed by atoms with Gasteiger partial charge in [0.1, 0.15) is 5.41 Å². The van der Waals surface area contributed by atoms with Crippen LogP contribution in [-0.2, 0) is 19.1 Å². The number of carbonyl (C=O) groups excluding carboxylic acids is 2. The van der Waals surface area contributed by atoms with Crippen LogP contribution in [0.2, 0.25) is 0 Å². The van der Waals surface area contributed by atoms with Gasteiger partial charge in [0.2, 0.25) is 0 Å². The van der Waals surface area contributed by atoms with Crippen molar-refractivity contribution in [2.45, 2.75) is 6.92 Å². The van der Waals surface area contributed by atoms with E-state index in [-0.39, 0.29) is 5.97 Å². The summed E-state index contributed by atoms with van der Waals surface area (Å²) in [6.07, 6.45) is 8.08. The van der Waals surface area contributed by atoms with Crippen molar-refractivity contribution in [3.8, 4) is 0 Å². The third-order valence-electron chi connectivity index (χ3n) is 2.37. The molecule has 0 amide bonds. The fourth-order valence-corrected chi connectivity index (χ4v) is 1.34. The molecule has 4 heteroatoms. The van der Waals surface area contributed by atoms with Gasteiger partial charge in [-0.15, -0.1) is 0 Å². The Balaban J connectivity index is 2.97. The minimum absolute atomic E-state index is 0.375. The molecule has 0 spiro atoms. The van der Waals surface area contributed by atoms with Crippen molar-refractivity contribution in [2.24, 2.45) is 5.41 Å². The molecule has 1 rings (SSSR count). The van der Waals surface area contributed by atoms with E-state index in [4.69, 9.17) is 0 Å². The van der Waals surface area contributed by atoms with Crippen LogP contribution in [0.5, 0.6) is 0 Å². The third kappa shape index (κ3) is 2.39. The molecule has 4 nitrogen and oxygen atoms in total. The Hall–Kier alpha value is -1.84. The highest BCUT2D eigenvalue weighted by atomic mass is 16.5. The van der Waals surface area contributed by atoms with Crippen LogP contribution >= 0.6 is 0 Å². The summed E-state index contributed by atoms with van der Waals surface area (Å²) in [6, 6.07) is 0. The second-order valence-electron chi connectivity index (χ2n) is 3.58. The minimum atomic E-state index is -0.846. The molecule has 0 aromatic heterocycles. The van der Waals surface area contributed by atoms with Crippen molar-refractivity contribution < 1.29 is 19.1 Å². The first-order chi connectivity index (χ1) is 7.53. The number of allylic oxidation sites excluding steroid dienone is 2. The number of esters is 2. The Morgan fingerprint density at radius 2 is 1.88 bits per heavy atom. The van der Waals surface area contributed by atoms with E-state index < -0.39 is 11.4 Å². The number of carbonyl (C=O) groups is 2. The fourth-order valence-electron chi connectivity index (χ4n) is 1.34. The smallest absolute Gasteiger partial charge is 0.337 e. The molecular weight excluding hydrogens is 208 g/mol. The molecule has 0 heterocycles. The van der Waals surface area contributed by atoms with Crippen molar-refractivity contribution >= 4 is 11.9 Å². The molecule has 16 heavy (non-hydrogen) atoms. The normalized spacial score (nSPS) is 23.3. The summed E-state index contributed by atoms with van der Waals surface area (Å²) in [5.74, 6) is -0.811. The highest BCUT2D eigenvalue weighted by Gasteiger charge is 2.29. The zero-order valence-corrected chi connectivity index (χ0v) is 9.52. The van der Waals surface area contributed by atoms with E-state index >= 15 is 0 Å². The van der Waals surface area contributed by atoms with Crippen molar-refractivity contribution in [1.29, 1.82) is 0 Å². The highest BCUT2D eigenvalue weighted by Crippen LogP contribution is 2.25. The maximum absolute atomic E-state index is 11.5. The first kappa shape index (κ1) is 12.2. The maximum Gasteiger partial charge on any atom is 0.337 e. The first-order valence-electron chi connectivity index (χ1n) is 4.79. The Morgan fingerprint density at radius 1 is 1.19 bits per heavy atom. The molecule has 0 aliphatic heterocycles. The zero-order chi connectivity index (χ0) is 12.2. The first-order valence-corrected chi connectivity index (χ1v) is 4.79. The summed E-state index contributed by atoms with van der Waals surface area (Å²) in [7, 11) is 2.64. The molecule has 0 radical (unpaired) electrons. The second-order valence-corrected chi connectivity index (χ2v) is 3.58. The molecule has 0 bridgehead atoms. The zero-order valence-electron chi connectivity index (χ0n) is 9.52. The molecule has 0 fully saturated rings. The van der Waals surface area contributed by atoms with Gasteiger partial charge in [0.25, 0.3) is 0 Å². The van der Waals surface area contributed by atoms with Crippen molar-refractivity contribution in [1.82, 2.24) is 0 Å². The summed E-state index contributed by atoms with van der Waals surface area (Å²) in [4.78, 5) is 22.8. The highest BCUT2D eigenvalue weighted by molar-refractivity contribution is 5.93. The van der Waals surface area contributed by atoms with Gasteiger partial charge in [-0.05, 0) is 13.0 Å². The predicted molar refractivity (Wildman–Crippen MR) is 58.5 cm³/mol. The molecule has 0 N–H and O–H groups in total. The SMILES string of the molecule is COC(=O)C1=CC=CC(C)(C(=O)OC)C=C1. The van der Waals surface area contributed by atoms with E-state index in [9.17, 15) is 9.59 Å². The van der Waals surface area contributed by atoms with E-state index in [0.717, 1.165) is 0 Å². The molecule has 0 aromatic rings. The average molecular weight is 222 g/mol. The lowest BCUT2D eigenvalue weighted by atomic mass is 9.90. The van der Waals surface area contributed by atoms with Crippen molar-refractivity contribution in [3.63, 3.8) is 0 Å². The van der Waals surface area contributed by atoms with Crippen LogP contribution in [0.3, 0.4) is 0 Å². The molecule has 1 aliphatic rings. The Bertz CT molecular complexity index is 390. The summed E-state index contributed by atoms with van der Waals surface area (Å²) in [5, 5.41) is 0. The lowest BCUT2D eigenvalue weighted by molar-refractivity contribution is -0.146. The van der Waals surface area contributed by atoms with E-state index in [1.807, 2.05) is 0 Å². The molecule has 0 saturated heterocycles. The van der Waals surface area contributed by atoms with Gasteiger partial charge in [-0.25, -0.2) is 4.79 Å². The van der Waals surface area contributed by atoms with Crippen LogP contribution in [0.15, 0.2) is 36.0 Å². The van der Waals surface area contributed by atoms with E-state index in [2.05, 4.69) is 9.47 Å². The number of rotatable bonds is 2. The van der Waals surface area contributed by atoms with Gasteiger partial charge < -0.3 is 9.47 Å². The molecule has 1 unspecified atom stereocenters. The molecule has 0 aromatic carbocycles. The van der Waals surface area contributed by atoms with E-state index in [1.54, 1.807) is 37.3 Å². The lowest BCUT2D eigenvalue weighted by Gasteiger charge is -2.17.